The number of rotatable bonds is 7. The summed E-state index contributed by atoms with van der Waals surface area (Å²) in [4.78, 5) is 24.3. The van der Waals surface area contributed by atoms with Crippen LogP contribution >= 0.6 is 0 Å². The van der Waals surface area contributed by atoms with Gasteiger partial charge in [-0.2, -0.15) is 5.10 Å². The Bertz CT molecular complexity index is 1070. The molecule has 158 valence electrons. The van der Waals surface area contributed by atoms with Gasteiger partial charge in [0.05, 0.1) is 5.71 Å². The molecule has 0 fully saturated rings. The second-order valence-electron chi connectivity index (χ2n) is 7.24. The van der Waals surface area contributed by atoms with Gasteiger partial charge in [-0.05, 0) is 73.9 Å². The first-order chi connectivity index (χ1) is 14.9. The van der Waals surface area contributed by atoms with Crippen LogP contribution in [0.25, 0.3) is 0 Å². The van der Waals surface area contributed by atoms with Gasteiger partial charge in [-0.25, -0.2) is 5.43 Å². The normalized spacial score (nSPS) is 11.0. The molecule has 31 heavy (non-hydrogen) atoms. The summed E-state index contributed by atoms with van der Waals surface area (Å²) in [5.74, 6) is 0.140. The average Bonchev–Trinajstić information content (AvgIpc) is 2.76. The highest BCUT2D eigenvalue weighted by molar-refractivity contribution is 6.05. The minimum Gasteiger partial charge on any atom is -0.484 e. The molecule has 2 N–H and O–H groups in total. The number of amides is 2. The number of carbonyl (C=O) groups is 2. The second kappa shape index (κ2) is 10.2. The third-order valence-corrected chi connectivity index (χ3v) is 4.51. The van der Waals surface area contributed by atoms with Gasteiger partial charge < -0.3 is 10.1 Å². The zero-order chi connectivity index (χ0) is 22.2. The van der Waals surface area contributed by atoms with Gasteiger partial charge in [-0.3, -0.25) is 9.59 Å². The van der Waals surface area contributed by atoms with Crippen LogP contribution in [0.15, 0.2) is 77.9 Å². The Morgan fingerprint density at radius 3 is 2.16 bits per heavy atom. The average molecular weight is 415 g/mol. The van der Waals surface area contributed by atoms with E-state index in [-0.39, 0.29) is 18.4 Å². The molecular weight excluding hydrogens is 390 g/mol. The zero-order valence-electron chi connectivity index (χ0n) is 17.8. The van der Waals surface area contributed by atoms with Gasteiger partial charge in [-0.15, -0.1) is 0 Å². The lowest BCUT2D eigenvalue weighted by Gasteiger charge is -2.08. The van der Waals surface area contributed by atoms with Crippen LogP contribution in [0.5, 0.6) is 5.75 Å². The fourth-order valence-corrected chi connectivity index (χ4v) is 3.00. The number of ether oxygens (including phenoxy) is 1. The standard InChI is InChI=1S/C25H25N3O3/c1-17-13-18(2)15-23(14-17)31-16-24(29)28-27-19(3)20-9-11-22(12-10-20)26-25(30)21-7-5-4-6-8-21/h4-15H,16H2,1-3H3,(H,26,30)(H,28,29)/b27-19+. The summed E-state index contributed by atoms with van der Waals surface area (Å²) in [6, 6.07) is 22.1. The molecule has 0 bridgehead atoms. The maximum atomic E-state index is 12.2. The summed E-state index contributed by atoms with van der Waals surface area (Å²) in [7, 11) is 0. The molecule has 3 aromatic rings. The van der Waals surface area contributed by atoms with Crippen LogP contribution in [0, 0.1) is 13.8 Å². The predicted molar refractivity (Wildman–Crippen MR) is 123 cm³/mol. The number of carbonyl (C=O) groups excluding carboxylic acids is 2. The lowest BCUT2D eigenvalue weighted by Crippen LogP contribution is -2.25. The number of nitrogens with zero attached hydrogens (tertiary/aromatic N) is 1. The minimum absolute atomic E-state index is 0.121. The fraction of sp³-hybridized carbons (Fsp3) is 0.160. The van der Waals surface area contributed by atoms with Crippen molar-refractivity contribution in [3.05, 3.63) is 95.1 Å². The number of nitrogens with one attached hydrogen (secondary N) is 2. The molecule has 3 aromatic carbocycles. The van der Waals surface area contributed by atoms with E-state index >= 15 is 0 Å². The number of hydrogen-bond acceptors (Lipinski definition) is 4. The molecule has 0 atom stereocenters. The first kappa shape index (κ1) is 21.8. The van der Waals surface area contributed by atoms with Gasteiger partial charge in [0.1, 0.15) is 5.75 Å². The van der Waals surface area contributed by atoms with Crippen molar-refractivity contribution in [1.29, 1.82) is 0 Å². The molecule has 0 aliphatic carbocycles. The van der Waals surface area contributed by atoms with E-state index < -0.39 is 0 Å². The van der Waals surface area contributed by atoms with Crippen LogP contribution < -0.4 is 15.5 Å². The Hall–Kier alpha value is -3.93. The quantitative estimate of drug-likeness (QED) is 0.441. The third kappa shape index (κ3) is 6.54. The van der Waals surface area contributed by atoms with Gasteiger partial charge in [-0.1, -0.05) is 36.4 Å². The van der Waals surface area contributed by atoms with Gasteiger partial charge in [0.2, 0.25) is 0 Å². The van der Waals surface area contributed by atoms with E-state index in [4.69, 9.17) is 4.74 Å². The summed E-state index contributed by atoms with van der Waals surface area (Å²) in [6.45, 7) is 5.63. The molecular formula is C25H25N3O3. The van der Waals surface area contributed by atoms with Crippen molar-refractivity contribution >= 4 is 23.2 Å². The zero-order valence-corrected chi connectivity index (χ0v) is 17.8. The Morgan fingerprint density at radius 2 is 1.52 bits per heavy atom. The molecule has 0 saturated carbocycles. The largest absolute Gasteiger partial charge is 0.484 e. The van der Waals surface area contributed by atoms with E-state index in [1.165, 1.54) is 0 Å². The molecule has 2 amide bonds. The molecule has 0 aromatic heterocycles. The van der Waals surface area contributed by atoms with E-state index in [1.807, 2.05) is 62.4 Å². The molecule has 0 aliphatic rings. The van der Waals surface area contributed by atoms with Crippen molar-refractivity contribution in [2.75, 3.05) is 11.9 Å². The van der Waals surface area contributed by atoms with Crippen LogP contribution in [0.4, 0.5) is 5.69 Å². The third-order valence-electron chi connectivity index (χ3n) is 4.51. The van der Waals surface area contributed by atoms with Gasteiger partial charge >= 0.3 is 0 Å². The van der Waals surface area contributed by atoms with Gasteiger partial charge in [0.25, 0.3) is 11.8 Å². The topological polar surface area (TPSA) is 79.8 Å². The number of benzene rings is 3. The fourth-order valence-electron chi connectivity index (χ4n) is 3.00. The van der Waals surface area contributed by atoms with Crippen LogP contribution in [0.1, 0.15) is 34.0 Å². The Kier molecular flexibility index (Phi) is 7.17. The van der Waals surface area contributed by atoms with E-state index in [0.717, 1.165) is 16.7 Å². The Balaban J connectivity index is 1.52. The summed E-state index contributed by atoms with van der Waals surface area (Å²) >= 11 is 0. The SMILES string of the molecule is C/C(=N\NC(=O)COc1cc(C)cc(C)c1)c1ccc(NC(=O)c2ccccc2)cc1. The molecule has 0 unspecified atom stereocenters. The molecule has 0 saturated heterocycles. The Labute approximate surface area is 182 Å². The number of hydrazone groups is 1. The van der Waals surface area contributed by atoms with Crippen molar-refractivity contribution in [2.45, 2.75) is 20.8 Å². The first-order valence-electron chi connectivity index (χ1n) is 9.92. The van der Waals surface area contributed by atoms with Gasteiger partial charge in [0.15, 0.2) is 6.61 Å². The summed E-state index contributed by atoms with van der Waals surface area (Å²) in [5, 5.41) is 6.98. The molecule has 6 heteroatoms. The highest BCUT2D eigenvalue weighted by Gasteiger charge is 2.07. The van der Waals surface area contributed by atoms with Crippen molar-refractivity contribution < 1.29 is 14.3 Å². The van der Waals surface area contributed by atoms with E-state index in [1.54, 1.807) is 31.2 Å². The van der Waals surface area contributed by atoms with Crippen molar-refractivity contribution in [2.24, 2.45) is 5.10 Å². The van der Waals surface area contributed by atoms with Crippen LogP contribution in [-0.4, -0.2) is 24.1 Å². The first-order valence-corrected chi connectivity index (χ1v) is 9.92. The maximum absolute atomic E-state index is 12.2. The summed E-state index contributed by atoms with van der Waals surface area (Å²) < 4.78 is 5.54. The predicted octanol–water partition coefficient (Wildman–Crippen LogP) is 4.47. The number of aryl methyl sites for hydroxylation is 2. The number of anilines is 1. The van der Waals surface area contributed by atoms with E-state index in [0.29, 0.717) is 22.7 Å². The smallest absolute Gasteiger partial charge is 0.277 e. The number of hydrogen-bond donors (Lipinski definition) is 2. The molecule has 6 nitrogen and oxygen atoms in total. The van der Waals surface area contributed by atoms with Crippen LogP contribution in [0.3, 0.4) is 0 Å². The van der Waals surface area contributed by atoms with Crippen molar-refractivity contribution in [1.82, 2.24) is 5.43 Å². The minimum atomic E-state index is -0.342. The molecule has 0 aliphatic heterocycles. The van der Waals surface area contributed by atoms with E-state index in [2.05, 4.69) is 15.8 Å². The molecule has 0 radical (unpaired) electrons. The lowest BCUT2D eigenvalue weighted by molar-refractivity contribution is -0.123. The van der Waals surface area contributed by atoms with Crippen LogP contribution in [-0.2, 0) is 4.79 Å². The van der Waals surface area contributed by atoms with Gasteiger partial charge in [0, 0.05) is 11.3 Å². The maximum Gasteiger partial charge on any atom is 0.277 e. The molecule has 3 rings (SSSR count). The van der Waals surface area contributed by atoms with Crippen molar-refractivity contribution in [3.63, 3.8) is 0 Å². The monoisotopic (exact) mass is 415 g/mol. The highest BCUT2D eigenvalue weighted by Crippen LogP contribution is 2.16. The molecule has 0 heterocycles. The summed E-state index contributed by atoms with van der Waals surface area (Å²) in [6.07, 6.45) is 0. The lowest BCUT2D eigenvalue weighted by atomic mass is 10.1. The molecule has 0 spiro atoms. The highest BCUT2D eigenvalue weighted by atomic mass is 16.5. The second-order valence-corrected chi connectivity index (χ2v) is 7.24. The Morgan fingerprint density at radius 1 is 0.871 bits per heavy atom. The van der Waals surface area contributed by atoms with Crippen LogP contribution in [0.2, 0.25) is 0 Å². The van der Waals surface area contributed by atoms with E-state index in [9.17, 15) is 9.59 Å². The summed E-state index contributed by atoms with van der Waals surface area (Å²) in [5.41, 5.74) is 7.39. The van der Waals surface area contributed by atoms with Crippen molar-refractivity contribution in [3.8, 4) is 5.75 Å².